The molecule has 0 aliphatic heterocycles. The first-order chi connectivity index (χ1) is 13.0. The summed E-state index contributed by atoms with van der Waals surface area (Å²) in [6.07, 6.45) is 1.49. The highest BCUT2D eigenvalue weighted by atomic mass is 32.1. The number of amides is 2. The molecule has 2 N–H and O–H groups in total. The zero-order chi connectivity index (χ0) is 19.0. The lowest BCUT2D eigenvalue weighted by Crippen LogP contribution is -2.20. The number of nitrogens with one attached hydrogen (secondary N) is 2. The molecule has 9 heteroatoms. The SMILES string of the molecule is Cc1ccc(C(=O)Nc2nc3c(s2)CCC3C(=O)Nc2nnc(C)s2)cc1. The van der Waals surface area contributed by atoms with Gasteiger partial charge in [0.2, 0.25) is 11.0 Å². The van der Waals surface area contributed by atoms with Gasteiger partial charge in [0.15, 0.2) is 5.13 Å². The Bertz CT molecular complexity index is 1010. The summed E-state index contributed by atoms with van der Waals surface area (Å²) in [5, 5.41) is 15.3. The fourth-order valence-corrected chi connectivity index (χ4v) is 4.58. The largest absolute Gasteiger partial charge is 0.300 e. The third kappa shape index (κ3) is 3.74. The lowest BCUT2D eigenvalue weighted by atomic mass is 10.1. The normalized spacial score (nSPS) is 15.4. The second-order valence-corrected chi connectivity index (χ2v) is 8.62. The van der Waals surface area contributed by atoms with Crippen LogP contribution >= 0.6 is 22.7 Å². The monoisotopic (exact) mass is 399 g/mol. The van der Waals surface area contributed by atoms with Crippen molar-refractivity contribution in [3.05, 3.63) is 51.0 Å². The molecule has 3 aromatic rings. The first-order valence-electron chi connectivity index (χ1n) is 8.48. The average molecular weight is 400 g/mol. The summed E-state index contributed by atoms with van der Waals surface area (Å²) in [5.41, 5.74) is 2.43. The molecule has 7 nitrogen and oxygen atoms in total. The van der Waals surface area contributed by atoms with Crippen LogP contribution in [0.25, 0.3) is 0 Å². The van der Waals surface area contributed by atoms with Crippen molar-refractivity contribution in [1.29, 1.82) is 0 Å². The summed E-state index contributed by atoms with van der Waals surface area (Å²) < 4.78 is 0. The maximum atomic E-state index is 12.6. The predicted octanol–water partition coefficient (Wildman–Crippen LogP) is 3.53. The van der Waals surface area contributed by atoms with Crippen LogP contribution in [0.4, 0.5) is 10.3 Å². The van der Waals surface area contributed by atoms with Crippen molar-refractivity contribution in [2.24, 2.45) is 0 Å². The van der Waals surface area contributed by atoms with Crippen LogP contribution in [0.3, 0.4) is 0 Å². The van der Waals surface area contributed by atoms with E-state index in [1.165, 1.54) is 22.7 Å². The summed E-state index contributed by atoms with van der Waals surface area (Å²) in [4.78, 5) is 30.5. The summed E-state index contributed by atoms with van der Waals surface area (Å²) in [5.74, 6) is -0.662. The van der Waals surface area contributed by atoms with Crippen molar-refractivity contribution in [3.8, 4) is 0 Å². The Morgan fingerprint density at radius 1 is 1.04 bits per heavy atom. The molecule has 4 rings (SSSR count). The van der Waals surface area contributed by atoms with Gasteiger partial charge in [-0.3, -0.25) is 20.2 Å². The number of hydrogen-bond donors (Lipinski definition) is 2. The van der Waals surface area contributed by atoms with Crippen LogP contribution in [0.2, 0.25) is 0 Å². The molecule has 27 heavy (non-hydrogen) atoms. The summed E-state index contributed by atoms with van der Waals surface area (Å²) in [6, 6.07) is 7.36. The third-order valence-corrected chi connectivity index (χ3v) is 6.13. The van der Waals surface area contributed by atoms with E-state index in [1.54, 1.807) is 12.1 Å². The molecule has 0 bridgehead atoms. The van der Waals surface area contributed by atoms with Crippen molar-refractivity contribution in [2.75, 3.05) is 10.6 Å². The van der Waals surface area contributed by atoms with Gasteiger partial charge in [0.25, 0.3) is 5.91 Å². The number of aryl methyl sites for hydroxylation is 3. The first-order valence-corrected chi connectivity index (χ1v) is 10.1. The van der Waals surface area contributed by atoms with Gasteiger partial charge in [0, 0.05) is 10.4 Å². The quantitative estimate of drug-likeness (QED) is 0.699. The minimum absolute atomic E-state index is 0.133. The van der Waals surface area contributed by atoms with E-state index in [1.807, 2.05) is 26.0 Å². The molecule has 138 valence electrons. The molecule has 0 spiro atoms. The Hall–Kier alpha value is -2.65. The first kappa shape index (κ1) is 17.7. The number of anilines is 2. The Kier molecular flexibility index (Phi) is 4.71. The van der Waals surface area contributed by atoms with E-state index in [-0.39, 0.29) is 17.7 Å². The van der Waals surface area contributed by atoms with Crippen molar-refractivity contribution >= 4 is 44.8 Å². The zero-order valence-electron chi connectivity index (χ0n) is 14.8. The molecule has 0 radical (unpaired) electrons. The van der Waals surface area contributed by atoms with E-state index < -0.39 is 0 Å². The second-order valence-electron chi connectivity index (χ2n) is 6.35. The van der Waals surface area contributed by atoms with Gasteiger partial charge in [0.05, 0.1) is 11.6 Å². The molecule has 1 aliphatic carbocycles. The number of fused-ring (bicyclic) bond motifs is 1. The smallest absolute Gasteiger partial charge is 0.257 e. The number of aromatic nitrogens is 3. The van der Waals surface area contributed by atoms with Crippen LogP contribution in [0.1, 0.15) is 43.8 Å². The molecule has 1 aromatic carbocycles. The maximum absolute atomic E-state index is 12.6. The van der Waals surface area contributed by atoms with E-state index in [0.29, 0.717) is 22.2 Å². The van der Waals surface area contributed by atoms with Crippen molar-refractivity contribution in [1.82, 2.24) is 15.2 Å². The van der Waals surface area contributed by atoms with E-state index >= 15 is 0 Å². The Morgan fingerprint density at radius 2 is 1.81 bits per heavy atom. The number of carbonyl (C=O) groups is 2. The average Bonchev–Trinajstić information content (AvgIpc) is 3.31. The van der Waals surface area contributed by atoms with Crippen molar-refractivity contribution in [2.45, 2.75) is 32.6 Å². The summed E-state index contributed by atoms with van der Waals surface area (Å²) in [7, 11) is 0. The van der Waals surface area contributed by atoms with Gasteiger partial charge >= 0.3 is 0 Å². The number of carbonyl (C=O) groups excluding carboxylic acids is 2. The number of benzene rings is 1. The molecular weight excluding hydrogens is 382 g/mol. The molecule has 1 atom stereocenters. The number of thiazole rings is 1. The standard InChI is InChI=1S/C18H17N5O2S2/c1-9-3-5-11(6-4-9)15(24)20-17-19-14-12(7-8-13(14)27-17)16(25)21-18-23-22-10(2)26-18/h3-6,12H,7-8H2,1-2H3,(H,19,20,24)(H,21,23,25). The second kappa shape index (κ2) is 7.16. The topological polar surface area (TPSA) is 96.9 Å². The lowest BCUT2D eigenvalue weighted by molar-refractivity contribution is -0.117. The molecule has 2 aromatic heterocycles. The van der Waals surface area contributed by atoms with E-state index in [0.717, 1.165) is 27.6 Å². The summed E-state index contributed by atoms with van der Waals surface area (Å²) >= 11 is 2.77. The fourth-order valence-electron chi connectivity index (χ4n) is 2.95. The highest BCUT2D eigenvalue weighted by molar-refractivity contribution is 7.16. The van der Waals surface area contributed by atoms with Crippen molar-refractivity contribution < 1.29 is 9.59 Å². The number of rotatable bonds is 4. The van der Waals surface area contributed by atoms with Crippen LogP contribution in [-0.4, -0.2) is 27.0 Å². The predicted molar refractivity (Wildman–Crippen MR) is 106 cm³/mol. The van der Waals surface area contributed by atoms with Gasteiger partial charge < -0.3 is 0 Å². The zero-order valence-corrected chi connectivity index (χ0v) is 16.4. The van der Waals surface area contributed by atoms with E-state index in [9.17, 15) is 9.59 Å². The van der Waals surface area contributed by atoms with Gasteiger partial charge in [-0.05, 0) is 38.8 Å². The molecule has 2 amide bonds. The lowest BCUT2D eigenvalue weighted by Gasteiger charge is -2.08. The Morgan fingerprint density at radius 3 is 2.52 bits per heavy atom. The minimum atomic E-state index is -0.328. The third-order valence-electron chi connectivity index (χ3n) is 4.32. The molecule has 0 fully saturated rings. The molecular formula is C18H17N5O2S2. The van der Waals surface area contributed by atoms with Gasteiger partial charge in [-0.1, -0.05) is 29.0 Å². The Balaban J connectivity index is 1.46. The van der Waals surface area contributed by atoms with Gasteiger partial charge in [-0.25, -0.2) is 4.98 Å². The van der Waals surface area contributed by atoms with E-state index in [4.69, 9.17) is 0 Å². The molecule has 2 heterocycles. The van der Waals surface area contributed by atoms with Gasteiger partial charge in [-0.2, -0.15) is 0 Å². The van der Waals surface area contributed by atoms with E-state index in [2.05, 4.69) is 25.8 Å². The highest BCUT2D eigenvalue weighted by Gasteiger charge is 2.33. The maximum Gasteiger partial charge on any atom is 0.257 e. The van der Waals surface area contributed by atoms with Crippen LogP contribution in [-0.2, 0) is 11.2 Å². The van der Waals surface area contributed by atoms with Crippen LogP contribution < -0.4 is 10.6 Å². The molecule has 1 aliphatic rings. The minimum Gasteiger partial charge on any atom is -0.300 e. The van der Waals surface area contributed by atoms with Crippen molar-refractivity contribution in [3.63, 3.8) is 0 Å². The Labute approximate surface area is 163 Å². The van der Waals surface area contributed by atoms with Crippen LogP contribution in [0, 0.1) is 13.8 Å². The van der Waals surface area contributed by atoms with Gasteiger partial charge in [-0.15, -0.1) is 21.5 Å². The fraction of sp³-hybridized carbons (Fsp3) is 0.278. The van der Waals surface area contributed by atoms with Gasteiger partial charge in [0.1, 0.15) is 5.01 Å². The summed E-state index contributed by atoms with van der Waals surface area (Å²) in [6.45, 7) is 3.81. The highest BCUT2D eigenvalue weighted by Crippen LogP contribution is 2.39. The molecule has 0 saturated heterocycles. The van der Waals surface area contributed by atoms with Crippen LogP contribution in [0.15, 0.2) is 24.3 Å². The number of hydrogen-bond acceptors (Lipinski definition) is 7. The van der Waals surface area contributed by atoms with Crippen LogP contribution in [0.5, 0.6) is 0 Å². The molecule has 0 saturated carbocycles. The molecule has 1 unspecified atom stereocenters. The number of nitrogens with zero attached hydrogens (tertiary/aromatic N) is 3.